The molecule has 0 radical (unpaired) electrons. The molecular weight excluding hydrogens is 265 g/mol. The van der Waals surface area contributed by atoms with Crippen LogP contribution in [0.1, 0.15) is 5.56 Å². The molecule has 2 rings (SSSR count). The maximum absolute atomic E-state index is 13.0. The second-order valence-corrected chi connectivity index (χ2v) is 5.08. The van der Waals surface area contributed by atoms with E-state index in [1.807, 2.05) is 18.0 Å². The zero-order valence-corrected chi connectivity index (χ0v) is 11.3. The van der Waals surface area contributed by atoms with Crippen LogP contribution in [0.3, 0.4) is 0 Å². The zero-order valence-electron chi connectivity index (χ0n) is 10.5. The number of amides is 1. The van der Waals surface area contributed by atoms with Gasteiger partial charge in [0.25, 0.3) is 0 Å². The van der Waals surface area contributed by atoms with Gasteiger partial charge in [0.15, 0.2) is 5.13 Å². The molecule has 100 valence electrons. The van der Waals surface area contributed by atoms with Crippen LogP contribution in [-0.2, 0) is 11.3 Å². The minimum absolute atomic E-state index is 0.131. The van der Waals surface area contributed by atoms with E-state index in [0.717, 1.165) is 5.56 Å². The molecule has 4 nitrogen and oxygen atoms in total. The van der Waals surface area contributed by atoms with Crippen molar-refractivity contribution in [2.24, 2.45) is 0 Å². The highest BCUT2D eigenvalue weighted by Gasteiger charge is 2.08. The molecule has 0 bridgehead atoms. The number of likely N-dealkylation sites (N-methyl/N-ethyl adjacent to an activating group) is 1. The maximum atomic E-state index is 13.0. The summed E-state index contributed by atoms with van der Waals surface area (Å²) < 4.78 is 13.0. The van der Waals surface area contributed by atoms with Gasteiger partial charge in [0.05, 0.1) is 6.54 Å². The predicted octanol–water partition coefficient (Wildman–Crippen LogP) is 2.35. The van der Waals surface area contributed by atoms with E-state index in [1.165, 1.54) is 23.5 Å². The van der Waals surface area contributed by atoms with Gasteiger partial charge in [-0.05, 0) is 24.7 Å². The number of nitrogens with one attached hydrogen (secondary N) is 1. The number of carbonyl (C=O) groups excluding carboxylic acids is 1. The van der Waals surface area contributed by atoms with Crippen molar-refractivity contribution in [2.45, 2.75) is 6.54 Å². The van der Waals surface area contributed by atoms with Crippen molar-refractivity contribution < 1.29 is 9.18 Å². The summed E-state index contributed by atoms with van der Waals surface area (Å²) in [6.07, 6.45) is 1.64. The molecule has 0 atom stereocenters. The number of benzene rings is 1. The van der Waals surface area contributed by atoms with Gasteiger partial charge in [-0.1, -0.05) is 12.1 Å². The van der Waals surface area contributed by atoms with Crippen molar-refractivity contribution >= 4 is 22.4 Å². The lowest BCUT2D eigenvalue weighted by atomic mass is 10.2. The summed E-state index contributed by atoms with van der Waals surface area (Å²) in [6, 6.07) is 6.36. The molecule has 1 aromatic carbocycles. The van der Waals surface area contributed by atoms with E-state index in [0.29, 0.717) is 11.7 Å². The van der Waals surface area contributed by atoms with Crippen LogP contribution in [0, 0.1) is 5.82 Å². The number of rotatable bonds is 5. The third kappa shape index (κ3) is 4.42. The summed E-state index contributed by atoms with van der Waals surface area (Å²) in [6.45, 7) is 0.749. The van der Waals surface area contributed by atoms with Crippen LogP contribution >= 0.6 is 11.3 Å². The first-order valence-electron chi connectivity index (χ1n) is 5.76. The van der Waals surface area contributed by atoms with Crippen molar-refractivity contribution in [3.8, 4) is 0 Å². The van der Waals surface area contributed by atoms with Gasteiger partial charge in [0, 0.05) is 18.1 Å². The van der Waals surface area contributed by atoms with E-state index < -0.39 is 0 Å². The number of carbonyl (C=O) groups is 1. The first-order valence-corrected chi connectivity index (χ1v) is 6.64. The van der Waals surface area contributed by atoms with E-state index in [9.17, 15) is 9.18 Å². The fourth-order valence-electron chi connectivity index (χ4n) is 1.69. The van der Waals surface area contributed by atoms with E-state index in [2.05, 4.69) is 10.3 Å². The molecule has 1 heterocycles. The lowest BCUT2D eigenvalue weighted by Crippen LogP contribution is -2.29. The van der Waals surface area contributed by atoms with Gasteiger partial charge in [-0.3, -0.25) is 9.69 Å². The number of anilines is 1. The fraction of sp³-hybridized carbons (Fsp3) is 0.231. The molecule has 0 aliphatic heterocycles. The van der Waals surface area contributed by atoms with Crippen molar-refractivity contribution in [1.82, 2.24) is 9.88 Å². The minimum atomic E-state index is -0.266. The Morgan fingerprint density at radius 2 is 2.37 bits per heavy atom. The molecule has 1 aromatic heterocycles. The fourth-order valence-corrected chi connectivity index (χ4v) is 2.24. The molecule has 1 amide bonds. The van der Waals surface area contributed by atoms with Crippen LogP contribution in [0.5, 0.6) is 0 Å². The molecule has 0 fully saturated rings. The topological polar surface area (TPSA) is 45.2 Å². The molecule has 0 saturated carbocycles. The Kier molecular flexibility index (Phi) is 4.59. The van der Waals surface area contributed by atoms with Crippen molar-refractivity contribution in [2.75, 3.05) is 18.9 Å². The van der Waals surface area contributed by atoms with Gasteiger partial charge in [-0.15, -0.1) is 11.3 Å². The number of thiazole rings is 1. The van der Waals surface area contributed by atoms with E-state index in [-0.39, 0.29) is 18.3 Å². The SMILES string of the molecule is CN(CC(=O)Nc1nccs1)Cc1cccc(F)c1. The zero-order chi connectivity index (χ0) is 13.7. The number of halogens is 1. The Bertz CT molecular complexity index is 545. The molecule has 19 heavy (non-hydrogen) atoms. The first-order chi connectivity index (χ1) is 9.13. The van der Waals surface area contributed by atoms with Gasteiger partial charge in [0.1, 0.15) is 5.82 Å². The summed E-state index contributed by atoms with van der Waals surface area (Å²) in [4.78, 5) is 17.5. The Labute approximate surface area is 114 Å². The van der Waals surface area contributed by atoms with E-state index in [4.69, 9.17) is 0 Å². The average Bonchev–Trinajstić information content (AvgIpc) is 2.81. The number of hydrogen-bond acceptors (Lipinski definition) is 4. The summed E-state index contributed by atoms with van der Waals surface area (Å²) in [5, 5.41) is 5.09. The summed E-state index contributed by atoms with van der Waals surface area (Å²) >= 11 is 1.37. The lowest BCUT2D eigenvalue weighted by molar-refractivity contribution is -0.117. The number of nitrogens with zero attached hydrogens (tertiary/aromatic N) is 2. The maximum Gasteiger partial charge on any atom is 0.240 e. The van der Waals surface area contributed by atoms with Crippen LogP contribution in [0.25, 0.3) is 0 Å². The summed E-state index contributed by atoms with van der Waals surface area (Å²) in [5.41, 5.74) is 0.838. The van der Waals surface area contributed by atoms with Crippen molar-refractivity contribution in [3.63, 3.8) is 0 Å². The molecule has 0 aliphatic carbocycles. The number of hydrogen-bond donors (Lipinski definition) is 1. The standard InChI is InChI=1S/C13H14FN3OS/c1-17(8-10-3-2-4-11(14)7-10)9-12(18)16-13-15-5-6-19-13/h2-7H,8-9H2,1H3,(H,15,16,18). The Morgan fingerprint density at radius 1 is 1.53 bits per heavy atom. The van der Waals surface area contributed by atoms with Gasteiger partial charge in [0.2, 0.25) is 5.91 Å². The highest BCUT2D eigenvalue weighted by molar-refractivity contribution is 7.13. The van der Waals surface area contributed by atoms with Crippen LogP contribution in [0.2, 0.25) is 0 Å². The highest BCUT2D eigenvalue weighted by atomic mass is 32.1. The molecule has 6 heteroatoms. The summed E-state index contributed by atoms with van der Waals surface area (Å²) in [5.74, 6) is -0.396. The normalized spacial score (nSPS) is 10.7. The molecule has 2 aromatic rings. The largest absolute Gasteiger partial charge is 0.301 e. The van der Waals surface area contributed by atoms with Gasteiger partial charge >= 0.3 is 0 Å². The van der Waals surface area contributed by atoms with Crippen molar-refractivity contribution in [1.29, 1.82) is 0 Å². The second-order valence-electron chi connectivity index (χ2n) is 4.19. The molecule has 0 spiro atoms. The van der Waals surface area contributed by atoms with E-state index >= 15 is 0 Å². The minimum Gasteiger partial charge on any atom is -0.301 e. The molecule has 0 aliphatic rings. The number of aromatic nitrogens is 1. The molecular formula is C13H14FN3OS. The highest BCUT2D eigenvalue weighted by Crippen LogP contribution is 2.10. The average molecular weight is 279 g/mol. The van der Waals surface area contributed by atoms with Gasteiger partial charge < -0.3 is 5.32 Å². The lowest BCUT2D eigenvalue weighted by Gasteiger charge is -2.15. The second kappa shape index (κ2) is 6.40. The first kappa shape index (κ1) is 13.6. The van der Waals surface area contributed by atoms with Crippen LogP contribution in [-0.4, -0.2) is 29.4 Å². The van der Waals surface area contributed by atoms with Crippen molar-refractivity contribution in [3.05, 3.63) is 47.2 Å². The monoisotopic (exact) mass is 279 g/mol. The smallest absolute Gasteiger partial charge is 0.240 e. The Morgan fingerprint density at radius 3 is 3.05 bits per heavy atom. The summed E-state index contributed by atoms with van der Waals surface area (Å²) in [7, 11) is 1.81. The third-order valence-corrected chi connectivity index (χ3v) is 3.12. The Hall–Kier alpha value is -1.79. The van der Waals surface area contributed by atoms with Gasteiger partial charge in [-0.2, -0.15) is 0 Å². The Balaban J connectivity index is 1.84. The molecule has 0 unspecified atom stereocenters. The quantitative estimate of drug-likeness (QED) is 0.914. The van der Waals surface area contributed by atoms with Crippen LogP contribution in [0.4, 0.5) is 9.52 Å². The van der Waals surface area contributed by atoms with Gasteiger partial charge in [-0.25, -0.2) is 9.37 Å². The predicted molar refractivity (Wildman–Crippen MR) is 73.5 cm³/mol. The molecule has 1 N–H and O–H groups in total. The van der Waals surface area contributed by atoms with Crippen LogP contribution in [0.15, 0.2) is 35.8 Å². The third-order valence-electron chi connectivity index (χ3n) is 2.43. The molecule has 0 saturated heterocycles. The van der Waals surface area contributed by atoms with Crippen LogP contribution < -0.4 is 5.32 Å². The van der Waals surface area contributed by atoms with E-state index in [1.54, 1.807) is 17.6 Å².